The molecule has 2 aliphatic heterocycles. The van der Waals surface area contributed by atoms with Crippen LogP contribution < -0.4 is 0 Å². The number of ether oxygens (including phenoxy) is 5. The zero-order valence-corrected chi connectivity index (χ0v) is 49.4. The number of carbonyl (C=O) groups excluding carboxylic acids is 2. The van der Waals surface area contributed by atoms with Crippen molar-refractivity contribution < 1.29 is 88.0 Å². The first-order valence-corrected chi connectivity index (χ1v) is 32.3. The predicted octanol–water partition coefficient (Wildman–Crippen LogP) is 10.3. The number of carbonyl (C=O) groups is 2. The molecule has 2 rings (SSSR count). The smallest absolute Gasteiger partial charge is 0.397 e. The number of rotatable bonds is 45. The summed E-state index contributed by atoms with van der Waals surface area (Å²) >= 11 is 0. The van der Waals surface area contributed by atoms with Crippen molar-refractivity contribution in [1.82, 2.24) is 0 Å². The highest BCUT2D eigenvalue weighted by atomic mass is 32.3. The van der Waals surface area contributed by atoms with E-state index in [9.17, 15) is 56.0 Å². The first-order valence-electron chi connectivity index (χ1n) is 29.6. The molecule has 13 atom stereocenters. The van der Waals surface area contributed by atoms with Crippen molar-refractivity contribution in [2.45, 2.75) is 302 Å². The van der Waals surface area contributed by atoms with E-state index < -0.39 is 107 Å². The van der Waals surface area contributed by atoms with Gasteiger partial charge in [0.2, 0.25) is 6.29 Å². The zero-order chi connectivity index (χ0) is 57.2. The Labute approximate surface area is 463 Å². The average Bonchev–Trinajstić information content (AvgIpc) is 3.35. The molecule has 6 N–H and O–H groups in total. The molecule has 2 saturated heterocycles. The Morgan fingerprint density at radius 3 is 1.34 bits per heavy atom. The van der Waals surface area contributed by atoms with Gasteiger partial charge in [-0.15, -0.1) is 0 Å². The fourth-order valence-corrected chi connectivity index (χ4v) is 11.7. The minimum absolute atomic E-state index is 0.0726. The van der Waals surface area contributed by atoms with Gasteiger partial charge < -0.3 is 44.1 Å². The lowest BCUT2D eigenvalue weighted by Gasteiger charge is -2.46. The summed E-state index contributed by atoms with van der Waals surface area (Å²) in [5.41, 5.74) is 0.163. The second-order valence-corrected chi connectivity index (χ2v) is 24.4. The van der Waals surface area contributed by atoms with Crippen LogP contribution in [0.3, 0.4) is 0 Å². The molecule has 454 valence electrons. The summed E-state index contributed by atoms with van der Waals surface area (Å²) in [5.74, 6) is -0.952. The average molecular weight is 1150 g/mol. The predicted molar refractivity (Wildman–Crippen MR) is 293 cm³/mol. The van der Waals surface area contributed by atoms with E-state index in [0.717, 1.165) is 44.9 Å². The summed E-state index contributed by atoms with van der Waals surface area (Å²) in [7, 11) is -11.1. The molecular weight excluding hydrogens is 1040 g/mol. The van der Waals surface area contributed by atoms with E-state index in [1.165, 1.54) is 142 Å². The number of hydrogen-bond donors (Lipinski definition) is 6. The Kier molecular flexibility index (Phi) is 37.3. The van der Waals surface area contributed by atoms with Crippen LogP contribution in [0.5, 0.6) is 0 Å². The number of allylic oxidation sites excluding steroid dienone is 1. The largest absolute Gasteiger partial charge is 0.453 e. The van der Waals surface area contributed by atoms with E-state index in [2.05, 4.69) is 36.1 Å². The van der Waals surface area contributed by atoms with Crippen LogP contribution >= 0.6 is 0 Å². The summed E-state index contributed by atoms with van der Waals surface area (Å²) in [6.45, 7) is 10.4. The normalized spacial score (nSPS) is 25.6. The third-order valence-corrected chi connectivity index (χ3v) is 15.7. The lowest BCUT2D eigenvalue weighted by atomic mass is 9.86. The van der Waals surface area contributed by atoms with Crippen LogP contribution in [0.25, 0.3) is 0 Å². The van der Waals surface area contributed by atoms with Crippen LogP contribution in [0.15, 0.2) is 11.6 Å². The van der Waals surface area contributed by atoms with Crippen LogP contribution in [0.4, 0.5) is 0 Å². The molecule has 2 heterocycles. The summed E-state index contributed by atoms with van der Waals surface area (Å²) in [6.07, 6.45) is 16.3. The molecule has 0 bridgehead atoms. The van der Waals surface area contributed by atoms with Crippen molar-refractivity contribution in [3.8, 4) is 0 Å². The molecule has 2 aliphatic rings. The van der Waals surface area contributed by atoms with Crippen LogP contribution in [0.2, 0.25) is 0 Å². The van der Waals surface area contributed by atoms with Crippen LogP contribution in [0, 0.1) is 17.8 Å². The SMILES string of the molecule is CCCCCCCCCCCCCCCC[C@H](C)C[C@H](C)C[C@H](C)/C=C(\C)C(=O)OC1C(O)C(CO)OC(OC2OC(CO)C(O)C(OS(=O)(=O)O)C2OS(=O)(=O)O)C1OC(=O)CCCCCCCCCCCCCCC. The summed E-state index contributed by atoms with van der Waals surface area (Å²) < 4.78 is 105. The second-order valence-electron chi connectivity index (χ2n) is 22.3. The van der Waals surface area contributed by atoms with Gasteiger partial charge in [0.1, 0.15) is 30.5 Å². The van der Waals surface area contributed by atoms with Crippen molar-refractivity contribution in [1.29, 1.82) is 0 Å². The van der Waals surface area contributed by atoms with E-state index in [-0.39, 0.29) is 17.9 Å². The third-order valence-electron chi connectivity index (χ3n) is 14.8. The van der Waals surface area contributed by atoms with Gasteiger partial charge >= 0.3 is 32.7 Å². The van der Waals surface area contributed by atoms with Gasteiger partial charge in [0.25, 0.3) is 0 Å². The molecule has 2 fully saturated rings. The number of esters is 2. The summed E-state index contributed by atoms with van der Waals surface area (Å²) in [6, 6.07) is 0. The van der Waals surface area contributed by atoms with Crippen molar-refractivity contribution in [2.75, 3.05) is 13.2 Å². The highest BCUT2D eigenvalue weighted by Gasteiger charge is 2.56. The van der Waals surface area contributed by atoms with Crippen molar-refractivity contribution in [2.24, 2.45) is 17.8 Å². The number of aliphatic hydroxyl groups excluding tert-OH is 4. The van der Waals surface area contributed by atoms with Crippen LogP contribution in [-0.2, 0) is 62.4 Å². The van der Waals surface area contributed by atoms with E-state index in [1.54, 1.807) is 6.08 Å². The van der Waals surface area contributed by atoms with Gasteiger partial charge in [0.05, 0.1) is 13.2 Å². The Morgan fingerprint density at radius 2 is 0.909 bits per heavy atom. The molecule has 10 unspecified atom stereocenters. The molecule has 0 radical (unpaired) electrons. The van der Waals surface area contributed by atoms with E-state index in [4.69, 9.17) is 23.7 Å². The molecule has 0 aliphatic carbocycles. The van der Waals surface area contributed by atoms with Crippen molar-refractivity contribution in [3.05, 3.63) is 11.6 Å². The molecule has 19 nitrogen and oxygen atoms in total. The Hall–Kier alpha value is -1.86. The molecule has 0 aromatic rings. The minimum Gasteiger partial charge on any atom is -0.453 e. The third kappa shape index (κ3) is 31.2. The van der Waals surface area contributed by atoms with E-state index in [1.807, 2.05) is 6.92 Å². The second kappa shape index (κ2) is 40.4. The lowest BCUT2D eigenvalue weighted by molar-refractivity contribution is -0.373. The fraction of sp³-hybridized carbons (Fsp3) is 0.929. The van der Waals surface area contributed by atoms with Crippen LogP contribution in [0.1, 0.15) is 241 Å². The first-order chi connectivity index (χ1) is 36.6. The maximum atomic E-state index is 13.9. The molecule has 0 spiro atoms. The molecule has 0 aromatic carbocycles. The molecule has 0 aromatic heterocycles. The van der Waals surface area contributed by atoms with Gasteiger partial charge in [-0.05, 0) is 43.9 Å². The summed E-state index contributed by atoms with van der Waals surface area (Å²) in [4.78, 5) is 27.5. The van der Waals surface area contributed by atoms with Crippen molar-refractivity contribution in [3.63, 3.8) is 0 Å². The Morgan fingerprint density at radius 1 is 0.519 bits per heavy atom. The van der Waals surface area contributed by atoms with Gasteiger partial charge in [0, 0.05) is 12.0 Å². The Balaban J connectivity index is 2.16. The van der Waals surface area contributed by atoms with Crippen LogP contribution in [-0.4, -0.2) is 133 Å². The van der Waals surface area contributed by atoms with E-state index >= 15 is 0 Å². The molecule has 21 heteroatoms. The van der Waals surface area contributed by atoms with Crippen molar-refractivity contribution >= 4 is 32.7 Å². The van der Waals surface area contributed by atoms with Gasteiger partial charge in [-0.2, -0.15) is 16.8 Å². The Bertz CT molecular complexity index is 1820. The van der Waals surface area contributed by atoms with E-state index in [0.29, 0.717) is 24.7 Å². The maximum absolute atomic E-state index is 13.9. The lowest BCUT2D eigenvalue weighted by Crippen LogP contribution is -2.66. The molecule has 0 saturated carbocycles. The topological polar surface area (TPSA) is 288 Å². The first kappa shape index (κ1) is 71.2. The highest BCUT2D eigenvalue weighted by Crippen LogP contribution is 2.35. The minimum atomic E-state index is -5.56. The van der Waals surface area contributed by atoms with Gasteiger partial charge in [0.15, 0.2) is 24.6 Å². The summed E-state index contributed by atoms with van der Waals surface area (Å²) in [5, 5.41) is 42.7. The standard InChI is InChI=1S/C56H104O19S2/c1-7-9-11-13-15-17-19-21-23-24-26-28-30-32-34-41(3)36-42(4)37-43(5)38-44(6)54(62)72-50-48(60)45(39-57)69-55(52(50)71-47(59)35-33-31-29-27-25-22-20-18-16-14-12-10-8-2)73-56-53(75-77(66,67)68)51(74-76(63,64)65)49(61)46(40-58)70-56/h38,41-43,45-46,48-53,55-58,60-61H,7-37,39-40H2,1-6H3,(H,63,64,65)(H,66,67,68)/b44-38+/t41-,42-,43-,45?,46?,48?,49?,50?,51?,52?,53?,55?,56?/m0/s1. The van der Waals surface area contributed by atoms with Gasteiger partial charge in [-0.1, -0.05) is 214 Å². The fourth-order valence-electron chi connectivity index (χ4n) is 10.7. The number of unbranched alkanes of at least 4 members (excludes halogenated alkanes) is 25. The maximum Gasteiger partial charge on any atom is 0.397 e. The van der Waals surface area contributed by atoms with Gasteiger partial charge in [-0.25, -0.2) is 13.2 Å². The molecule has 77 heavy (non-hydrogen) atoms. The number of aliphatic hydroxyl groups is 4. The monoisotopic (exact) mass is 1140 g/mol. The quantitative estimate of drug-likeness (QED) is 0.0143. The van der Waals surface area contributed by atoms with Gasteiger partial charge in [-0.3, -0.25) is 13.9 Å². The molecule has 0 amide bonds. The zero-order valence-electron chi connectivity index (χ0n) is 47.7. The highest BCUT2D eigenvalue weighted by molar-refractivity contribution is 7.81. The number of hydrogen-bond acceptors (Lipinski definition) is 17. The molecular formula is C56H104O19S2.